The summed E-state index contributed by atoms with van der Waals surface area (Å²) in [5.74, 6) is 0.177. The van der Waals surface area contributed by atoms with Crippen LogP contribution in [0.3, 0.4) is 0 Å². The number of carbonyl (C=O) groups excluding carboxylic acids is 1. The number of nitrogens with zero attached hydrogens (tertiary/aromatic N) is 5. The molecule has 2 aliphatic rings. The highest BCUT2D eigenvalue weighted by molar-refractivity contribution is 5.85. The van der Waals surface area contributed by atoms with Gasteiger partial charge in [0.05, 0.1) is 35.7 Å². The van der Waals surface area contributed by atoms with Gasteiger partial charge < -0.3 is 36.5 Å². The molecule has 1 amide bonds. The molecular weight excluding hydrogens is 388 g/mol. The van der Waals surface area contributed by atoms with Crippen LogP contribution in [0.5, 0.6) is 0 Å². The first-order valence-corrected chi connectivity index (χ1v) is 10.1. The number of fused-ring (bicyclic) bond motifs is 1. The number of aliphatic hydroxyl groups is 1. The number of likely N-dealkylation sites (tertiary alicyclic amines) is 1. The van der Waals surface area contributed by atoms with Crippen molar-refractivity contribution in [2.45, 2.75) is 62.8 Å². The molecule has 11 nitrogen and oxygen atoms in total. The smallest absolute Gasteiger partial charge is 0.242 e. The van der Waals surface area contributed by atoms with Crippen LogP contribution in [-0.2, 0) is 9.53 Å². The van der Waals surface area contributed by atoms with Crippen molar-refractivity contribution in [3.63, 3.8) is 0 Å². The molecule has 2 aromatic rings. The van der Waals surface area contributed by atoms with Crippen molar-refractivity contribution in [2.75, 3.05) is 31.2 Å². The summed E-state index contributed by atoms with van der Waals surface area (Å²) in [6.45, 7) is 6.60. The van der Waals surface area contributed by atoms with Crippen molar-refractivity contribution in [1.82, 2.24) is 24.4 Å². The molecule has 2 aromatic heterocycles. The number of hydrogen-bond acceptors (Lipinski definition) is 9. The summed E-state index contributed by atoms with van der Waals surface area (Å²) in [4.78, 5) is 26.7. The van der Waals surface area contributed by atoms with E-state index in [1.54, 1.807) is 36.6 Å². The molecule has 0 bridgehead atoms. The standard InChI is InChI=1S/C19H30N8O3/c1-17(2,22)15(28)26-6-4-19(5-7-26)9-18(3,29)11(8-30-19)27-10-23-12-13(20)24-16(21)25-14(12)27/h10-11,29H,4-9,22H2,1-3H3,(H4,20,21,24,25)/t11-,18-/m1/s1. The van der Waals surface area contributed by atoms with Crippen LogP contribution in [-0.4, -0.2) is 71.9 Å². The molecule has 164 valence electrons. The highest BCUT2D eigenvalue weighted by atomic mass is 16.5. The number of rotatable bonds is 2. The van der Waals surface area contributed by atoms with E-state index >= 15 is 0 Å². The summed E-state index contributed by atoms with van der Waals surface area (Å²) < 4.78 is 8.07. The number of amides is 1. The first-order valence-electron chi connectivity index (χ1n) is 10.1. The monoisotopic (exact) mass is 418 g/mol. The van der Waals surface area contributed by atoms with Crippen LogP contribution in [0.2, 0.25) is 0 Å². The zero-order valence-electron chi connectivity index (χ0n) is 17.6. The van der Waals surface area contributed by atoms with Crippen molar-refractivity contribution in [3.05, 3.63) is 6.33 Å². The molecule has 2 saturated heterocycles. The fourth-order valence-electron chi connectivity index (χ4n) is 4.67. The van der Waals surface area contributed by atoms with Gasteiger partial charge in [-0.1, -0.05) is 0 Å². The third kappa shape index (κ3) is 3.46. The summed E-state index contributed by atoms with van der Waals surface area (Å²) in [5, 5.41) is 11.4. The maximum absolute atomic E-state index is 12.5. The number of ether oxygens (including phenoxy) is 1. The Balaban J connectivity index is 1.53. The van der Waals surface area contributed by atoms with Crippen LogP contribution >= 0.6 is 0 Å². The minimum Gasteiger partial charge on any atom is -0.388 e. The lowest BCUT2D eigenvalue weighted by atomic mass is 9.75. The lowest BCUT2D eigenvalue weighted by molar-refractivity contribution is -0.197. The number of aromatic nitrogens is 4. The molecule has 0 saturated carbocycles. The van der Waals surface area contributed by atoms with Crippen molar-refractivity contribution in [3.8, 4) is 0 Å². The highest BCUT2D eigenvalue weighted by Crippen LogP contribution is 2.44. The van der Waals surface area contributed by atoms with Crippen molar-refractivity contribution in [1.29, 1.82) is 0 Å². The van der Waals surface area contributed by atoms with E-state index in [2.05, 4.69) is 15.0 Å². The van der Waals surface area contributed by atoms with Crippen LogP contribution in [0.25, 0.3) is 11.2 Å². The first-order chi connectivity index (χ1) is 13.9. The second kappa shape index (κ2) is 6.76. The van der Waals surface area contributed by atoms with Gasteiger partial charge in [0.15, 0.2) is 11.5 Å². The number of nitrogens with two attached hydrogens (primary N) is 3. The summed E-state index contributed by atoms with van der Waals surface area (Å²) in [6.07, 6.45) is 3.30. The summed E-state index contributed by atoms with van der Waals surface area (Å²) in [7, 11) is 0. The molecule has 30 heavy (non-hydrogen) atoms. The summed E-state index contributed by atoms with van der Waals surface area (Å²) >= 11 is 0. The Morgan fingerprint density at radius 1 is 1.30 bits per heavy atom. The average molecular weight is 419 g/mol. The van der Waals surface area contributed by atoms with Crippen LogP contribution in [0.15, 0.2) is 6.33 Å². The third-order valence-electron chi connectivity index (χ3n) is 6.26. The summed E-state index contributed by atoms with van der Waals surface area (Å²) in [6, 6.07) is -0.413. The van der Waals surface area contributed by atoms with Crippen LogP contribution in [0.1, 0.15) is 46.1 Å². The van der Waals surface area contributed by atoms with Gasteiger partial charge in [-0.25, -0.2) is 4.98 Å². The van der Waals surface area contributed by atoms with E-state index in [0.717, 1.165) is 0 Å². The van der Waals surface area contributed by atoms with Gasteiger partial charge in [0.2, 0.25) is 11.9 Å². The maximum Gasteiger partial charge on any atom is 0.242 e. The number of carbonyl (C=O) groups is 1. The van der Waals surface area contributed by atoms with Gasteiger partial charge in [-0.15, -0.1) is 0 Å². The van der Waals surface area contributed by atoms with E-state index in [4.69, 9.17) is 21.9 Å². The molecule has 7 N–H and O–H groups in total. The van der Waals surface area contributed by atoms with Crippen LogP contribution in [0, 0.1) is 0 Å². The molecular formula is C19H30N8O3. The van der Waals surface area contributed by atoms with Gasteiger partial charge in [-0.05, 0) is 33.6 Å². The minimum atomic E-state index is -1.08. The predicted octanol–water partition coefficient (Wildman–Crippen LogP) is -0.198. The Labute approximate surface area is 174 Å². The zero-order chi connectivity index (χ0) is 21.9. The Morgan fingerprint density at radius 2 is 1.97 bits per heavy atom. The predicted molar refractivity (Wildman–Crippen MR) is 111 cm³/mol. The van der Waals surface area contributed by atoms with Gasteiger partial charge in [-0.3, -0.25) is 4.79 Å². The SMILES string of the molecule is CC(C)(N)C(=O)N1CCC2(CC1)C[C@@](C)(O)[C@H](n1cnc3c(N)nc(N)nc31)CO2. The number of imidazole rings is 1. The number of piperidine rings is 1. The van der Waals surface area contributed by atoms with Gasteiger partial charge in [-0.2, -0.15) is 9.97 Å². The Kier molecular flexibility index (Phi) is 4.68. The van der Waals surface area contributed by atoms with E-state index in [-0.39, 0.29) is 24.3 Å². The molecule has 2 atom stereocenters. The Bertz CT molecular complexity index is 972. The quantitative estimate of drug-likeness (QED) is 0.515. The highest BCUT2D eigenvalue weighted by Gasteiger charge is 2.50. The largest absolute Gasteiger partial charge is 0.388 e. The number of hydrogen-bond donors (Lipinski definition) is 4. The molecule has 1 spiro atoms. The minimum absolute atomic E-state index is 0.0504. The van der Waals surface area contributed by atoms with E-state index in [9.17, 15) is 9.90 Å². The molecule has 0 unspecified atom stereocenters. The Hall–Kier alpha value is -2.50. The lowest BCUT2D eigenvalue weighted by Crippen LogP contribution is -2.60. The zero-order valence-corrected chi connectivity index (χ0v) is 17.6. The van der Waals surface area contributed by atoms with E-state index in [0.29, 0.717) is 43.5 Å². The summed E-state index contributed by atoms with van der Waals surface area (Å²) in [5.41, 5.74) is 16.1. The molecule has 2 fully saturated rings. The fraction of sp³-hybridized carbons (Fsp3) is 0.684. The Morgan fingerprint density at radius 3 is 2.57 bits per heavy atom. The normalized spacial score (nSPS) is 27.0. The maximum atomic E-state index is 12.5. The third-order valence-corrected chi connectivity index (χ3v) is 6.26. The van der Waals surface area contributed by atoms with Gasteiger partial charge in [0.1, 0.15) is 5.52 Å². The molecule has 0 radical (unpaired) electrons. The molecule has 0 aromatic carbocycles. The average Bonchev–Trinajstić information content (AvgIpc) is 3.04. The molecule has 0 aliphatic carbocycles. The van der Waals surface area contributed by atoms with Gasteiger partial charge in [0.25, 0.3) is 0 Å². The second-order valence-corrected chi connectivity index (χ2v) is 9.35. The van der Waals surface area contributed by atoms with Gasteiger partial charge in [0, 0.05) is 19.5 Å². The van der Waals surface area contributed by atoms with Crippen LogP contribution < -0.4 is 17.2 Å². The van der Waals surface area contributed by atoms with E-state index < -0.39 is 22.8 Å². The second-order valence-electron chi connectivity index (χ2n) is 9.35. The number of anilines is 2. The topological polar surface area (TPSA) is 171 Å². The first kappa shape index (κ1) is 20.8. The van der Waals surface area contributed by atoms with Crippen molar-refractivity contribution < 1.29 is 14.6 Å². The van der Waals surface area contributed by atoms with Crippen molar-refractivity contribution in [2.24, 2.45) is 5.73 Å². The fourth-order valence-corrected chi connectivity index (χ4v) is 4.67. The van der Waals surface area contributed by atoms with Gasteiger partial charge >= 0.3 is 0 Å². The lowest BCUT2D eigenvalue weighted by Gasteiger charge is -2.51. The van der Waals surface area contributed by atoms with E-state index in [1.807, 2.05) is 0 Å². The van der Waals surface area contributed by atoms with Crippen molar-refractivity contribution >= 4 is 28.8 Å². The van der Waals surface area contributed by atoms with Crippen LogP contribution in [0.4, 0.5) is 11.8 Å². The molecule has 2 aliphatic heterocycles. The number of nitrogen functional groups attached to an aromatic ring is 2. The van der Waals surface area contributed by atoms with E-state index in [1.165, 1.54) is 0 Å². The molecule has 4 rings (SSSR count). The molecule has 4 heterocycles. The molecule has 11 heteroatoms.